The van der Waals surface area contributed by atoms with Gasteiger partial charge in [0.1, 0.15) is 5.75 Å². The van der Waals surface area contributed by atoms with E-state index in [-0.39, 0.29) is 24.9 Å². The van der Waals surface area contributed by atoms with Gasteiger partial charge in [0.15, 0.2) is 6.61 Å². The van der Waals surface area contributed by atoms with Gasteiger partial charge in [0.25, 0.3) is 5.91 Å². The predicted molar refractivity (Wildman–Crippen MR) is 83.0 cm³/mol. The Balaban J connectivity index is 0.00000200. The lowest BCUT2D eigenvalue weighted by Gasteiger charge is -2.13. The Hall–Kier alpha value is -0.970. The van der Waals surface area contributed by atoms with Crippen LogP contribution in [0, 0.1) is 6.92 Å². The molecule has 1 saturated heterocycles. The van der Waals surface area contributed by atoms with Crippen LogP contribution in [0.1, 0.15) is 18.4 Å². The van der Waals surface area contributed by atoms with Crippen LogP contribution in [-0.2, 0) is 4.79 Å². The molecule has 0 saturated carbocycles. The van der Waals surface area contributed by atoms with Gasteiger partial charge in [0.2, 0.25) is 0 Å². The lowest BCUT2D eigenvalue weighted by molar-refractivity contribution is -0.123. The molecule has 1 unspecified atom stereocenters. The molecule has 1 aromatic rings. The molecule has 1 fully saturated rings. The highest BCUT2D eigenvalue weighted by Gasteiger charge is 2.14. The van der Waals surface area contributed by atoms with Crippen molar-refractivity contribution >= 4 is 29.9 Å². The average molecular weight is 319 g/mol. The minimum Gasteiger partial charge on any atom is -0.483 e. The standard InChI is InChI=1S/C14H19ClN2O2.ClH/c1-10-12(15)5-2-6-13(10)19-9-14(18)17-8-11-4-3-7-16-11;/h2,5-6,11,16H,3-4,7-9H2,1H3,(H,17,18);1H. The van der Waals surface area contributed by atoms with E-state index in [2.05, 4.69) is 10.6 Å². The molecule has 1 aliphatic rings. The van der Waals surface area contributed by atoms with Crippen LogP contribution < -0.4 is 15.4 Å². The van der Waals surface area contributed by atoms with E-state index >= 15 is 0 Å². The van der Waals surface area contributed by atoms with Crippen molar-refractivity contribution < 1.29 is 9.53 Å². The number of rotatable bonds is 5. The van der Waals surface area contributed by atoms with Crippen molar-refractivity contribution in [1.82, 2.24) is 10.6 Å². The van der Waals surface area contributed by atoms with Gasteiger partial charge in [0, 0.05) is 23.2 Å². The molecule has 20 heavy (non-hydrogen) atoms. The van der Waals surface area contributed by atoms with E-state index in [9.17, 15) is 4.79 Å². The van der Waals surface area contributed by atoms with Crippen LogP contribution in [0.4, 0.5) is 0 Å². The van der Waals surface area contributed by atoms with Gasteiger partial charge in [-0.3, -0.25) is 4.79 Å². The largest absolute Gasteiger partial charge is 0.483 e. The summed E-state index contributed by atoms with van der Waals surface area (Å²) in [6.07, 6.45) is 2.30. The van der Waals surface area contributed by atoms with Crippen LogP contribution >= 0.6 is 24.0 Å². The second-order valence-corrected chi connectivity index (χ2v) is 5.16. The maximum Gasteiger partial charge on any atom is 0.257 e. The number of hydrogen-bond acceptors (Lipinski definition) is 3. The molecule has 2 N–H and O–H groups in total. The van der Waals surface area contributed by atoms with Gasteiger partial charge in [-0.05, 0) is 38.4 Å². The van der Waals surface area contributed by atoms with Crippen LogP contribution in [0.5, 0.6) is 5.75 Å². The van der Waals surface area contributed by atoms with Gasteiger partial charge >= 0.3 is 0 Å². The fraction of sp³-hybridized carbons (Fsp3) is 0.500. The van der Waals surface area contributed by atoms with Gasteiger partial charge in [-0.15, -0.1) is 12.4 Å². The van der Waals surface area contributed by atoms with Gasteiger partial charge < -0.3 is 15.4 Å². The summed E-state index contributed by atoms with van der Waals surface area (Å²) in [5.41, 5.74) is 0.856. The average Bonchev–Trinajstić information content (AvgIpc) is 2.91. The second kappa shape index (κ2) is 8.35. The molecule has 1 atom stereocenters. The first-order chi connectivity index (χ1) is 9.16. The van der Waals surface area contributed by atoms with Crippen molar-refractivity contribution in [1.29, 1.82) is 0 Å². The summed E-state index contributed by atoms with van der Waals surface area (Å²) in [6.45, 7) is 3.60. The van der Waals surface area contributed by atoms with E-state index in [1.165, 1.54) is 6.42 Å². The lowest BCUT2D eigenvalue weighted by Crippen LogP contribution is -2.39. The van der Waals surface area contributed by atoms with Gasteiger partial charge in [-0.2, -0.15) is 0 Å². The minimum atomic E-state index is -0.104. The van der Waals surface area contributed by atoms with Crippen LogP contribution in [0.2, 0.25) is 5.02 Å². The van der Waals surface area contributed by atoms with Crippen molar-refractivity contribution in [3.63, 3.8) is 0 Å². The third-order valence-corrected chi connectivity index (χ3v) is 3.69. The quantitative estimate of drug-likeness (QED) is 0.876. The SMILES string of the molecule is Cc1c(Cl)cccc1OCC(=O)NCC1CCCN1.Cl. The summed E-state index contributed by atoms with van der Waals surface area (Å²) in [4.78, 5) is 11.7. The van der Waals surface area contributed by atoms with E-state index < -0.39 is 0 Å². The number of benzene rings is 1. The highest BCUT2D eigenvalue weighted by Crippen LogP contribution is 2.24. The van der Waals surface area contributed by atoms with Gasteiger partial charge in [-0.1, -0.05) is 17.7 Å². The van der Waals surface area contributed by atoms with E-state index in [1.54, 1.807) is 6.07 Å². The Morgan fingerprint density at radius 3 is 3.05 bits per heavy atom. The predicted octanol–water partition coefficient (Wildman–Crippen LogP) is 2.32. The third-order valence-electron chi connectivity index (χ3n) is 3.28. The van der Waals surface area contributed by atoms with E-state index in [0.29, 0.717) is 23.4 Å². The summed E-state index contributed by atoms with van der Waals surface area (Å²) >= 11 is 5.99. The molecule has 0 spiro atoms. The summed E-state index contributed by atoms with van der Waals surface area (Å²) in [6, 6.07) is 5.82. The number of hydrogen-bond donors (Lipinski definition) is 2. The first-order valence-corrected chi connectivity index (χ1v) is 6.92. The number of halogens is 2. The summed E-state index contributed by atoms with van der Waals surface area (Å²) in [5.74, 6) is 0.551. The van der Waals surface area contributed by atoms with Gasteiger partial charge in [-0.25, -0.2) is 0 Å². The second-order valence-electron chi connectivity index (χ2n) is 4.75. The first kappa shape index (κ1) is 17.1. The van der Waals surface area contributed by atoms with Gasteiger partial charge in [0.05, 0.1) is 0 Å². The zero-order valence-corrected chi connectivity index (χ0v) is 13.0. The number of carbonyl (C=O) groups is 1. The maximum atomic E-state index is 11.7. The fourth-order valence-corrected chi connectivity index (χ4v) is 2.27. The van der Waals surface area contributed by atoms with Crippen LogP contribution in [0.25, 0.3) is 0 Å². The summed E-state index contributed by atoms with van der Waals surface area (Å²) < 4.78 is 5.48. The summed E-state index contributed by atoms with van der Waals surface area (Å²) in [7, 11) is 0. The normalized spacial score (nSPS) is 17.4. The van der Waals surface area contributed by atoms with E-state index in [1.807, 2.05) is 19.1 Å². The monoisotopic (exact) mass is 318 g/mol. The molecular formula is C14H20Cl2N2O2. The Bertz CT molecular complexity index is 449. The third kappa shape index (κ3) is 4.85. The minimum absolute atomic E-state index is 0. The van der Waals surface area contributed by atoms with Crippen molar-refractivity contribution in [2.24, 2.45) is 0 Å². The number of ether oxygens (including phenoxy) is 1. The maximum absolute atomic E-state index is 11.7. The molecule has 0 aliphatic carbocycles. The molecule has 0 radical (unpaired) electrons. The molecule has 2 rings (SSSR count). The van der Waals surface area contributed by atoms with E-state index in [0.717, 1.165) is 18.5 Å². The van der Waals surface area contributed by atoms with Crippen LogP contribution in [-0.4, -0.2) is 31.6 Å². The highest BCUT2D eigenvalue weighted by molar-refractivity contribution is 6.31. The molecule has 4 nitrogen and oxygen atoms in total. The van der Waals surface area contributed by atoms with Crippen LogP contribution in [0.3, 0.4) is 0 Å². The smallest absolute Gasteiger partial charge is 0.257 e. The molecule has 1 aliphatic heterocycles. The van der Waals surface area contributed by atoms with E-state index in [4.69, 9.17) is 16.3 Å². The molecule has 112 valence electrons. The molecule has 1 heterocycles. The van der Waals surface area contributed by atoms with Crippen molar-refractivity contribution in [3.05, 3.63) is 28.8 Å². The van der Waals surface area contributed by atoms with Crippen molar-refractivity contribution in [2.45, 2.75) is 25.8 Å². The fourth-order valence-electron chi connectivity index (χ4n) is 2.11. The molecular weight excluding hydrogens is 299 g/mol. The Morgan fingerprint density at radius 2 is 2.35 bits per heavy atom. The number of amides is 1. The topological polar surface area (TPSA) is 50.4 Å². The number of carbonyl (C=O) groups excluding carboxylic acids is 1. The molecule has 1 aromatic carbocycles. The Morgan fingerprint density at radius 1 is 1.55 bits per heavy atom. The first-order valence-electron chi connectivity index (χ1n) is 6.55. The van der Waals surface area contributed by atoms with Crippen molar-refractivity contribution in [3.8, 4) is 5.75 Å². The molecule has 1 amide bonds. The Kier molecular flexibility index (Phi) is 7.13. The molecule has 0 aromatic heterocycles. The zero-order valence-electron chi connectivity index (χ0n) is 11.4. The number of nitrogens with one attached hydrogen (secondary N) is 2. The molecule has 0 bridgehead atoms. The highest BCUT2D eigenvalue weighted by atomic mass is 35.5. The molecule has 6 heteroatoms. The van der Waals surface area contributed by atoms with Crippen molar-refractivity contribution in [2.75, 3.05) is 19.7 Å². The zero-order chi connectivity index (χ0) is 13.7. The van der Waals surface area contributed by atoms with Crippen LogP contribution in [0.15, 0.2) is 18.2 Å². The Labute approximate surface area is 130 Å². The summed E-state index contributed by atoms with van der Waals surface area (Å²) in [5, 5.41) is 6.85. The lowest BCUT2D eigenvalue weighted by atomic mass is 10.2.